The van der Waals surface area contributed by atoms with Crippen LogP contribution in [0, 0.1) is 0 Å². The monoisotopic (exact) mass is 402 g/mol. The first kappa shape index (κ1) is 14.7. The summed E-state index contributed by atoms with van der Waals surface area (Å²) in [4.78, 5) is 19.5. The van der Waals surface area contributed by atoms with Crippen molar-refractivity contribution in [3.05, 3.63) is 49.3 Å². The molecule has 0 aliphatic rings. The zero-order chi connectivity index (χ0) is 13.8. The van der Waals surface area contributed by atoms with Gasteiger partial charge in [-0.1, -0.05) is 0 Å². The Labute approximate surface area is 132 Å². The average molecular weight is 404 g/mol. The fourth-order valence-electron chi connectivity index (χ4n) is 1.64. The van der Waals surface area contributed by atoms with E-state index in [0.717, 1.165) is 13.1 Å². The molecule has 0 aliphatic heterocycles. The topological polar surface area (TPSA) is 33.2 Å². The number of nitrogens with zero attached hydrogens (tertiary/aromatic N) is 2. The molecule has 2 aromatic heterocycles. The number of pyridine rings is 1. The summed E-state index contributed by atoms with van der Waals surface area (Å²) >= 11 is 8.44. The van der Waals surface area contributed by atoms with Gasteiger partial charge in [-0.3, -0.25) is 4.79 Å². The maximum absolute atomic E-state index is 12.4. The molecule has 2 rings (SSSR count). The van der Waals surface area contributed by atoms with E-state index >= 15 is 0 Å². The van der Waals surface area contributed by atoms with Crippen LogP contribution in [0.3, 0.4) is 0 Å². The van der Waals surface area contributed by atoms with E-state index in [9.17, 15) is 4.79 Å². The van der Waals surface area contributed by atoms with Crippen molar-refractivity contribution in [2.24, 2.45) is 0 Å². The molecular formula is C13H12Br2N2OS. The maximum atomic E-state index is 12.4. The zero-order valence-corrected chi connectivity index (χ0v) is 14.3. The van der Waals surface area contributed by atoms with Gasteiger partial charge in [0.2, 0.25) is 0 Å². The van der Waals surface area contributed by atoms with Gasteiger partial charge in [-0.2, -0.15) is 0 Å². The number of carbonyl (C=O) groups excluding carboxylic acids is 1. The molecule has 19 heavy (non-hydrogen) atoms. The van der Waals surface area contributed by atoms with Crippen molar-refractivity contribution in [3.63, 3.8) is 0 Å². The van der Waals surface area contributed by atoms with Gasteiger partial charge in [-0.25, -0.2) is 4.98 Å². The van der Waals surface area contributed by atoms with Gasteiger partial charge in [0, 0.05) is 22.1 Å². The SMILES string of the molecule is CCN(Cc1ccc(Br)s1)C(=O)c1ncccc1Br. The van der Waals surface area contributed by atoms with Crippen molar-refractivity contribution >= 4 is 49.1 Å². The first-order chi connectivity index (χ1) is 9.11. The smallest absolute Gasteiger partial charge is 0.273 e. The second-order valence-electron chi connectivity index (χ2n) is 3.86. The molecule has 0 saturated carbocycles. The lowest BCUT2D eigenvalue weighted by atomic mass is 10.3. The number of thiophene rings is 1. The van der Waals surface area contributed by atoms with Gasteiger partial charge in [0.25, 0.3) is 5.91 Å². The highest BCUT2D eigenvalue weighted by atomic mass is 79.9. The van der Waals surface area contributed by atoms with Crippen LogP contribution in [0.5, 0.6) is 0 Å². The van der Waals surface area contributed by atoms with Crippen molar-refractivity contribution in [1.29, 1.82) is 0 Å². The van der Waals surface area contributed by atoms with Crippen LogP contribution in [-0.4, -0.2) is 22.3 Å². The lowest BCUT2D eigenvalue weighted by Gasteiger charge is -2.20. The van der Waals surface area contributed by atoms with Crippen molar-refractivity contribution in [1.82, 2.24) is 9.88 Å². The van der Waals surface area contributed by atoms with Crippen molar-refractivity contribution in [2.75, 3.05) is 6.54 Å². The summed E-state index contributed by atoms with van der Waals surface area (Å²) in [6, 6.07) is 7.65. The Bertz CT molecular complexity index is 586. The summed E-state index contributed by atoms with van der Waals surface area (Å²) in [5.74, 6) is -0.0560. The Morgan fingerprint density at radius 1 is 1.37 bits per heavy atom. The van der Waals surface area contributed by atoms with Crippen molar-refractivity contribution in [3.8, 4) is 0 Å². The van der Waals surface area contributed by atoms with Crippen LogP contribution >= 0.6 is 43.2 Å². The van der Waals surface area contributed by atoms with E-state index < -0.39 is 0 Å². The molecule has 0 saturated heterocycles. The summed E-state index contributed by atoms with van der Waals surface area (Å²) in [6.45, 7) is 3.23. The van der Waals surface area contributed by atoms with E-state index in [-0.39, 0.29) is 5.91 Å². The molecule has 3 nitrogen and oxygen atoms in total. The number of rotatable bonds is 4. The molecule has 1 amide bonds. The predicted octanol–water partition coefficient (Wildman–Crippen LogP) is 4.33. The molecule has 0 aromatic carbocycles. The number of halogens is 2. The van der Waals surface area contributed by atoms with Crippen LogP contribution in [0.1, 0.15) is 22.3 Å². The lowest BCUT2D eigenvalue weighted by molar-refractivity contribution is 0.0747. The normalized spacial score (nSPS) is 10.5. The number of hydrogen-bond acceptors (Lipinski definition) is 3. The van der Waals surface area contributed by atoms with Gasteiger partial charge in [0.1, 0.15) is 5.69 Å². The zero-order valence-electron chi connectivity index (χ0n) is 10.3. The molecule has 0 aliphatic carbocycles. The average Bonchev–Trinajstić information content (AvgIpc) is 2.81. The minimum absolute atomic E-state index is 0.0560. The highest BCUT2D eigenvalue weighted by Gasteiger charge is 2.18. The van der Waals surface area contributed by atoms with E-state index in [1.165, 1.54) is 0 Å². The van der Waals surface area contributed by atoms with Crippen LogP contribution < -0.4 is 0 Å². The molecule has 0 radical (unpaired) electrons. The summed E-state index contributed by atoms with van der Waals surface area (Å²) in [5.41, 5.74) is 0.458. The van der Waals surface area contributed by atoms with Gasteiger partial charge in [-0.05, 0) is 63.0 Å². The Morgan fingerprint density at radius 3 is 2.74 bits per heavy atom. The molecule has 0 spiro atoms. The third kappa shape index (κ3) is 3.64. The largest absolute Gasteiger partial charge is 0.332 e. The summed E-state index contributed by atoms with van der Waals surface area (Å²) in [7, 11) is 0. The van der Waals surface area contributed by atoms with E-state index in [4.69, 9.17) is 0 Å². The molecule has 0 bridgehead atoms. The summed E-state index contributed by atoms with van der Waals surface area (Å²) in [5, 5.41) is 0. The fraction of sp³-hybridized carbons (Fsp3) is 0.231. The minimum Gasteiger partial charge on any atom is -0.332 e. The van der Waals surface area contributed by atoms with Gasteiger partial charge >= 0.3 is 0 Å². The van der Waals surface area contributed by atoms with E-state index in [0.29, 0.717) is 18.8 Å². The second-order valence-corrected chi connectivity index (χ2v) is 7.26. The maximum Gasteiger partial charge on any atom is 0.273 e. The molecule has 0 atom stereocenters. The third-order valence-electron chi connectivity index (χ3n) is 2.61. The molecule has 2 heterocycles. The quantitative estimate of drug-likeness (QED) is 0.760. The molecule has 2 aromatic rings. The van der Waals surface area contributed by atoms with Crippen molar-refractivity contribution < 1.29 is 4.79 Å². The molecule has 100 valence electrons. The first-order valence-electron chi connectivity index (χ1n) is 5.75. The Kier molecular flexibility index (Phi) is 5.13. The first-order valence-corrected chi connectivity index (χ1v) is 8.16. The minimum atomic E-state index is -0.0560. The van der Waals surface area contributed by atoms with Crippen LogP contribution in [0.15, 0.2) is 38.7 Å². The number of amides is 1. The van der Waals surface area contributed by atoms with Gasteiger partial charge in [0.15, 0.2) is 0 Å². The van der Waals surface area contributed by atoms with Crippen molar-refractivity contribution in [2.45, 2.75) is 13.5 Å². The molecule has 0 unspecified atom stereocenters. The Balaban J connectivity index is 2.18. The van der Waals surface area contributed by atoms with Crippen LogP contribution in [-0.2, 0) is 6.54 Å². The van der Waals surface area contributed by atoms with E-state index in [2.05, 4.69) is 36.8 Å². The lowest BCUT2D eigenvalue weighted by Crippen LogP contribution is -2.30. The second kappa shape index (κ2) is 6.63. The number of hydrogen-bond donors (Lipinski definition) is 0. The molecule has 6 heteroatoms. The van der Waals surface area contributed by atoms with E-state index in [1.54, 1.807) is 28.5 Å². The van der Waals surface area contributed by atoms with Crippen LogP contribution in [0.2, 0.25) is 0 Å². The van der Waals surface area contributed by atoms with Gasteiger partial charge in [0.05, 0.1) is 10.3 Å². The van der Waals surface area contributed by atoms with Gasteiger partial charge in [-0.15, -0.1) is 11.3 Å². The fourth-order valence-corrected chi connectivity index (χ4v) is 3.57. The summed E-state index contributed by atoms with van der Waals surface area (Å²) in [6.07, 6.45) is 1.63. The van der Waals surface area contributed by atoms with Crippen LogP contribution in [0.25, 0.3) is 0 Å². The highest BCUT2D eigenvalue weighted by Crippen LogP contribution is 2.24. The summed E-state index contributed by atoms with van der Waals surface area (Å²) < 4.78 is 1.80. The van der Waals surface area contributed by atoms with Crippen LogP contribution in [0.4, 0.5) is 0 Å². The molecule has 0 N–H and O–H groups in total. The Hall–Kier alpha value is -0.720. The third-order valence-corrected chi connectivity index (χ3v) is 4.85. The molecule has 0 fully saturated rings. The Morgan fingerprint density at radius 2 is 2.16 bits per heavy atom. The number of carbonyl (C=O) groups is 1. The molecular weight excluding hydrogens is 392 g/mol. The van der Waals surface area contributed by atoms with Gasteiger partial charge < -0.3 is 4.90 Å². The standard InChI is InChI=1S/C13H12Br2N2OS/c1-2-17(8-9-5-6-11(15)19-9)13(18)12-10(14)4-3-7-16-12/h3-7H,2,8H2,1H3. The number of aromatic nitrogens is 1. The highest BCUT2D eigenvalue weighted by molar-refractivity contribution is 9.11. The predicted molar refractivity (Wildman–Crippen MR) is 84.4 cm³/mol. The van der Waals surface area contributed by atoms with E-state index in [1.807, 2.05) is 25.1 Å².